The number of hydrogen-bond acceptors (Lipinski definition) is 4. The number of amides is 1. The molecule has 6 nitrogen and oxygen atoms in total. The van der Waals surface area contributed by atoms with Crippen LogP contribution in [0.4, 0.5) is 0 Å². The molecule has 0 aliphatic rings. The number of carbonyl (C=O) groups is 1. The average molecular weight is 454 g/mol. The fourth-order valence-electron chi connectivity index (χ4n) is 2.12. The van der Waals surface area contributed by atoms with Crippen molar-refractivity contribution in [3.63, 3.8) is 0 Å². The summed E-state index contributed by atoms with van der Waals surface area (Å²) in [6.07, 6.45) is 1.34. The van der Waals surface area contributed by atoms with Gasteiger partial charge < -0.3 is 5.11 Å². The van der Waals surface area contributed by atoms with Crippen molar-refractivity contribution in [1.29, 1.82) is 0 Å². The van der Waals surface area contributed by atoms with E-state index >= 15 is 0 Å². The van der Waals surface area contributed by atoms with Crippen LogP contribution >= 0.6 is 39.1 Å². The molecule has 0 unspecified atom stereocenters. The van der Waals surface area contributed by atoms with E-state index in [1.807, 2.05) is 0 Å². The molecule has 1 aromatic heterocycles. The molecule has 3 N–H and O–H groups in total. The lowest BCUT2D eigenvalue weighted by Gasteiger charge is -2.00. The summed E-state index contributed by atoms with van der Waals surface area (Å²) in [6.45, 7) is 0. The molecule has 0 saturated heterocycles. The van der Waals surface area contributed by atoms with E-state index in [-0.39, 0.29) is 11.4 Å². The van der Waals surface area contributed by atoms with Crippen LogP contribution in [0, 0.1) is 0 Å². The summed E-state index contributed by atoms with van der Waals surface area (Å²) in [5.74, 6) is -0.438. The number of hydrogen-bond donors (Lipinski definition) is 3. The van der Waals surface area contributed by atoms with Crippen LogP contribution in [0.5, 0.6) is 5.75 Å². The van der Waals surface area contributed by atoms with Crippen LogP contribution in [0.2, 0.25) is 10.0 Å². The molecule has 9 heteroatoms. The summed E-state index contributed by atoms with van der Waals surface area (Å²) >= 11 is 15.3. The van der Waals surface area contributed by atoms with E-state index < -0.39 is 5.91 Å². The predicted octanol–water partition coefficient (Wildman–Crippen LogP) is 4.62. The lowest BCUT2D eigenvalue weighted by Crippen LogP contribution is -2.18. The fraction of sp³-hybridized carbons (Fsp3) is 0. The summed E-state index contributed by atoms with van der Waals surface area (Å²) in [4.78, 5) is 12.1. The number of halogens is 3. The number of hydrazone groups is 1. The molecular formula is C17H11BrCl2N4O2. The molecule has 3 rings (SSSR count). The molecule has 3 aromatic rings. The maximum atomic E-state index is 12.1. The van der Waals surface area contributed by atoms with Gasteiger partial charge in [0.15, 0.2) is 0 Å². The zero-order valence-electron chi connectivity index (χ0n) is 13.0. The molecule has 0 fully saturated rings. The highest BCUT2D eigenvalue weighted by Gasteiger charge is 2.13. The number of carbonyl (C=O) groups excluding carboxylic acids is 1. The minimum absolute atomic E-state index is 0.0485. The SMILES string of the molecule is O=C(NN=Cc1cc(Br)ccc1O)c1cc(-c2ccc(Cl)cc2Cl)n[nH]1. The number of phenols is 1. The van der Waals surface area contributed by atoms with Crippen LogP contribution in [-0.4, -0.2) is 27.4 Å². The molecule has 1 amide bonds. The molecule has 0 bridgehead atoms. The van der Waals surface area contributed by atoms with Crippen LogP contribution in [0.15, 0.2) is 52.0 Å². The standard InChI is InChI=1S/C17H11BrCl2N4O2/c18-10-1-4-16(25)9(5-10)8-21-24-17(26)15-7-14(22-23-15)12-3-2-11(19)6-13(12)20/h1-8,25H,(H,22,23)(H,24,26). The van der Waals surface area contributed by atoms with Crippen molar-refractivity contribution >= 4 is 51.3 Å². The second-order valence-corrected chi connectivity index (χ2v) is 6.95. The van der Waals surface area contributed by atoms with Crippen molar-refractivity contribution in [2.75, 3.05) is 0 Å². The van der Waals surface area contributed by atoms with Crippen molar-refractivity contribution in [2.24, 2.45) is 5.10 Å². The lowest BCUT2D eigenvalue weighted by molar-refractivity contribution is 0.0950. The van der Waals surface area contributed by atoms with Crippen LogP contribution < -0.4 is 5.43 Å². The molecule has 0 aliphatic heterocycles. The largest absolute Gasteiger partial charge is 0.507 e. The fourth-order valence-corrected chi connectivity index (χ4v) is 3.01. The number of benzene rings is 2. The second-order valence-electron chi connectivity index (χ2n) is 5.19. The number of nitrogens with one attached hydrogen (secondary N) is 2. The highest BCUT2D eigenvalue weighted by atomic mass is 79.9. The van der Waals surface area contributed by atoms with E-state index in [2.05, 4.69) is 36.7 Å². The molecule has 26 heavy (non-hydrogen) atoms. The number of rotatable bonds is 4. The molecular weight excluding hydrogens is 443 g/mol. The molecule has 0 radical (unpaired) electrons. The van der Waals surface area contributed by atoms with Gasteiger partial charge >= 0.3 is 0 Å². The smallest absolute Gasteiger partial charge is 0.289 e. The first-order chi connectivity index (χ1) is 12.4. The molecule has 0 spiro atoms. The monoisotopic (exact) mass is 452 g/mol. The number of nitrogens with zero attached hydrogens (tertiary/aromatic N) is 2. The van der Waals surface area contributed by atoms with E-state index in [4.69, 9.17) is 23.2 Å². The third kappa shape index (κ3) is 4.24. The Morgan fingerprint density at radius 2 is 2.04 bits per heavy atom. The highest BCUT2D eigenvalue weighted by Crippen LogP contribution is 2.29. The van der Waals surface area contributed by atoms with Crippen molar-refractivity contribution in [3.8, 4) is 17.0 Å². The van der Waals surface area contributed by atoms with Gasteiger partial charge in [-0.3, -0.25) is 9.89 Å². The molecule has 2 aromatic carbocycles. The van der Waals surface area contributed by atoms with E-state index in [9.17, 15) is 9.90 Å². The van der Waals surface area contributed by atoms with Crippen molar-refractivity contribution in [2.45, 2.75) is 0 Å². The first-order valence-electron chi connectivity index (χ1n) is 7.27. The van der Waals surface area contributed by atoms with Gasteiger partial charge in [-0.05, 0) is 42.5 Å². The first kappa shape index (κ1) is 18.4. The molecule has 0 atom stereocenters. The Bertz CT molecular complexity index is 1000. The quantitative estimate of drug-likeness (QED) is 0.397. The number of H-pyrrole nitrogens is 1. The van der Waals surface area contributed by atoms with Gasteiger partial charge in [-0.15, -0.1) is 0 Å². The summed E-state index contributed by atoms with van der Waals surface area (Å²) in [6, 6.07) is 11.4. The van der Waals surface area contributed by atoms with Crippen molar-refractivity contribution in [1.82, 2.24) is 15.6 Å². The molecule has 1 heterocycles. The Morgan fingerprint density at radius 3 is 2.81 bits per heavy atom. The van der Waals surface area contributed by atoms with Gasteiger partial charge in [-0.1, -0.05) is 39.1 Å². The maximum Gasteiger partial charge on any atom is 0.289 e. The number of phenolic OH excluding ortho intramolecular Hbond substituents is 1. The van der Waals surface area contributed by atoms with Crippen LogP contribution in [0.3, 0.4) is 0 Å². The van der Waals surface area contributed by atoms with Gasteiger partial charge in [0.2, 0.25) is 0 Å². The summed E-state index contributed by atoms with van der Waals surface area (Å²) in [5, 5.41) is 21.2. The zero-order chi connectivity index (χ0) is 18.7. The van der Waals surface area contributed by atoms with Crippen LogP contribution in [0.25, 0.3) is 11.3 Å². The zero-order valence-corrected chi connectivity index (χ0v) is 16.1. The number of aromatic nitrogens is 2. The Kier molecular flexibility index (Phi) is 5.61. The van der Waals surface area contributed by atoms with E-state index in [0.717, 1.165) is 4.47 Å². The minimum Gasteiger partial charge on any atom is -0.507 e. The normalized spacial score (nSPS) is 11.0. The number of aromatic amines is 1. The highest BCUT2D eigenvalue weighted by molar-refractivity contribution is 9.10. The predicted molar refractivity (Wildman–Crippen MR) is 105 cm³/mol. The molecule has 132 valence electrons. The van der Waals surface area contributed by atoms with Gasteiger partial charge in [-0.2, -0.15) is 10.2 Å². The average Bonchev–Trinajstić information content (AvgIpc) is 3.07. The van der Waals surface area contributed by atoms with E-state index in [1.165, 1.54) is 12.3 Å². The first-order valence-corrected chi connectivity index (χ1v) is 8.81. The Labute approximate surface area is 167 Å². The van der Waals surface area contributed by atoms with Gasteiger partial charge in [0, 0.05) is 20.6 Å². The topological polar surface area (TPSA) is 90.4 Å². The van der Waals surface area contributed by atoms with Crippen molar-refractivity contribution < 1.29 is 9.90 Å². The summed E-state index contributed by atoms with van der Waals surface area (Å²) < 4.78 is 0.779. The minimum atomic E-state index is -0.487. The maximum absolute atomic E-state index is 12.1. The van der Waals surface area contributed by atoms with Crippen LogP contribution in [0.1, 0.15) is 16.1 Å². The van der Waals surface area contributed by atoms with E-state index in [0.29, 0.717) is 26.9 Å². The summed E-state index contributed by atoms with van der Waals surface area (Å²) in [7, 11) is 0. The Hall–Kier alpha value is -2.35. The third-order valence-corrected chi connectivity index (χ3v) is 4.43. The van der Waals surface area contributed by atoms with Crippen molar-refractivity contribution in [3.05, 3.63) is 68.2 Å². The summed E-state index contributed by atoms with van der Waals surface area (Å²) in [5.41, 5.74) is 4.18. The lowest BCUT2D eigenvalue weighted by atomic mass is 10.1. The van der Waals surface area contributed by atoms with Gasteiger partial charge in [0.05, 0.1) is 16.9 Å². The third-order valence-electron chi connectivity index (χ3n) is 3.39. The van der Waals surface area contributed by atoms with E-state index in [1.54, 1.807) is 36.4 Å². The Morgan fingerprint density at radius 1 is 1.23 bits per heavy atom. The van der Waals surface area contributed by atoms with Gasteiger partial charge in [0.25, 0.3) is 5.91 Å². The Balaban J connectivity index is 1.72. The van der Waals surface area contributed by atoms with Gasteiger partial charge in [0.1, 0.15) is 11.4 Å². The second kappa shape index (κ2) is 7.90. The molecule has 0 saturated carbocycles. The van der Waals surface area contributed by atoms with Crippen LogP contribution in [-0.2, 0) is 0 Å². The number of aromatic hydroxyl groups is 1. The molecule has 0 aliphatic carbocycles. The van der Waals surface area contributed by atoms with Gasteiger partial charge in [-0.25, -0.2) is 5.43 Å².